The van der Waals surface area contributed by atoms with Crippen molar-refractivity contribution in [2.24, 2.45) is 0 Å². The van der Waals surface area contributed by atoms with Crippen LogP contribution < -0.4 is 5.11 Å². The number of fused-ring (bicyclic) bond motifs is 3. The maximum atomic E-state index is 11.0. The number of carboxylic acid groups (broad SMARTS) is 1. The van der Waals surface area contributed by atoms with Crippen molar-refractivity contribution in [2.45, 2.75) is 32.6 Å². The van der Waals surface area contributed by atoms with E-state index in [1.807, 2.05) is 11.3 Å². The van der Waals surface area contributed by atoms with Crippen LogP contribution in [0, 0.1) is 0 Å². The van der Waals surface area contributed by atoms with Crippen LogP contribution in [0.4, 0.5) is 0 Å². The van der Waals surface area contributed by atoms with Crippen molar-refractivity contribution in [1.82, 2.24) is 9.38 Å². The lowest BCUT2D eigenvalue weighted by molar-refractivity contribution is -0.255. The zero-order chi connectivity index (χ0) is 11.3. The molecular weight excluding hydrogens is 224 g/mol. The number of rotatable bonds is 2. The summed E-state index contributed by atoms with van der Waals surface area (Å²) in [7, 11) is 0. The molecule has 0 aliphatic heterocycles. The highest BCUT2D eigenvalue weighted by molar-refractivity contribution is 7.17. The molecule has 2 heterocycles. The number of carbonyl (C=O) groups is 1. The molecule has 0 atom stereocenters. The molecule has 0 saturated carbocycles. The molecule has 0 saturated heterocycles. The first-order valence-electron chi connectivity index (χ1n) is 5.45. The van der Waals surface area contributed by atoms with Gasteiger partial charge in [0.25, 0.3) is 0 Å². The van der Waals surface area contributed by atoms with Crippen LogP contribution >= 0.6 is 11.3 Å². The van der Waals surface area contributed by atoms with Crippen LogP contribution in [-0.4, -0.2) is 15.4 Å². The summed E-state index contributed by atoms with van der Waals surface area (Å²) in [5, 5.41) is 11.0. The van der Waals surface area contributed by atoms with Gasteiger partial charge in [-0.2, -0.15) is 0 Å². The quantitative estimate of drug-likeness (QED) is 0.774. The molecule has 5 heteroatoms. The van der Waals surface area contributed by atoms with Gasteiger partial charge in [0.2, 0.25) is 0 Å². The SMILES string of the molecule is CCc1c(C(=O)[O-])nc2sc3c(n12)CCC3. The Bertz CT molecular complexity index is 582. The molecule has 16 heavy (non-hydrogen) atoms. The second-order valence-electron chi connectivity index (χ2n) is 3.99. The second-order valence-corrected chi connectivity index (χ2v) is 5.05. The number of carbonyl (C=O) groups excluding carboxylic acids is 1. The van der Waals surface area contributed by atoms with E-state index in [1.54, 1.807) is 11.3 Å². The highest BCUT2D eigenvalue weighted by Gasteiger charge is 2.22. The Morgan fingerprint density at radius 2 is 2.38 bits per heavy atom. The molecule has 2 aromatic heterocycles. The van der Waals surface area contributed by atoms with Crippen LogP contribution in [0.15, 0.2) is 0 Å². The topological polar surface area (TPSA) is 57.4 Å². The number of hydrogen-bond acceptors (Lipinski definition) is 4. The van der Waals surface area contributed by atoms with E-state index in [0.717, 1.165) is 23.5 Å². The molecule has 3 rings (SSSR count). The van der Waals surface area contributed by atoms with E-state index in [9.17, 15) is 9.90 Å². The Morgan fingerprint density at radius 3 is 3.06 bits per heavy atom. The average molecular weight is 235 g/mol. The lowest BCUT2D eigenvalue weighted by Crippen LogP contribution is -2.24. The van der Waals surface area contributed by atoms with E-state index < -0.39 is 5.97 Å². The number of carboxylic acids is 1. The summed E-state index contributed by atoms with van der Waals surface area (Å²) in [4.78, 5) is 17.3. The molecule has 0 radical (unpaired) electrons. The van der Waals surface area contributed by atoms with Gasteiger partial charge in [-0.3, -0.25) is 4.40 Å². The molecule has 0 N–H and O–H groups in total. The van der Waals surface area contributed by atoms with Crippen molar-refractivity contribution in [2.75, 3.05) is 0 Å². The summed E-state index contributed by atoms with van der Waals surface area (Å²) in [5.74, 6) is -1.17. The molecular formula is C11H11N2O2S-. The van der Waals surface area contributed by atoms with Crippen LogP contribution in [0.3, 0.4) is 0 Å². The van der Waals surface area contributed by atoms with Gasteiger partial charge in [0, 0.05) is 10.6 Å². The minimum atomic E-state index is -1.17. The van der Waals surface area contributed by atoms with Gasteiger partial charge in [-0.1, -0.05) is 6.92 Å². The normalized spacial score (nSPS) is 14.6. The van der Waals surface area contributed by atoms with E-state index >= 15 is 0 Å². The lowest BCUT2D eigenvalue weighted by atomic mass is 10.2. The Balaban J connectivity index is 2.34. The Hall–Kier alpha value is -1.36. The molecule has 0 spiro atoms. The van der Waals surface area contributed by atoms with Crippen molar-refractivity contribution in [3.63, 3.8) is 0 Å². The molecule has 0 fully saturated rings. The van der Waals surface area contributed by atoms with Gasteiger partial charge in [0.05, 0.1) is 11.7 Å². The molecule has 1 aliphatic rings. The summed E-state index contributed by atoms with van der Waals surface area (Å²) in [6, 6.07) is 0. The largest absolute Gasteiger partial charge is 0.543 e. The molecule has 0 aromatic carbocycles. The minimum Gasteiger partial charge on any atom is -0.543 e. The highest BCUT2D eigenvalue weighted by Crippen LogP contribution is 2.32. The first-order valence-corrected chi connectivity index (χ1v) is 6.27. The number of thiazole rings is 1. The monoisotopic (exact) mass is 235 g/mol. The van der Waals surface area contributed by atoms with Gasteiger partial charge in [-0.25, -0.2) is 4.98 Å². The van der Waals surface area contributed by atoms with Crippen molar-refractivity contribution in [3.05, 3.63) is 22.0 Å². The van der Waals surface area contributed by atoms with Crippen molar-refractivity contribution in [1.29, 1.82) is 0 Å². The summed E-state index contributed by atoms with van der Waals surface area (Å²) in [5.41, 5.74) is 2.16. The van der Waals surface area contributed by atoms with E-state index in [0.29, 0.717) is 6.42 Å². The van der Waals surface area contributed by atoms with E-state index in [4.69, 9.17) is 0 Å². The number of aromatic carboxylic acids is 1. The van der Waals surface area contributed by atoms with Crippen molar-refractivity contribution in [3.8, 4) is 0 Å². The van der Waals surface area contributed by atoms with E-state index in [2.05, 4.69) is 4.98 Å². The number of imidazole rings is 1. The molecule has 84 valence electrons. The van der Waals surface area contributed by atoms with Gasteiger partial charge in [-0.05, 0) is 25.7 Å². The standard InChI is InChI=1S/C11H12N2O2S/c1-2-6-9(10(14)15)12-11-13(6)7-4-3-5-8(7)16-11/h2-5H2,1H3,(H,14,15)/p-1. The fourth-order valence-corrected chi connectivity index (χ4v) is 3.65. The molecule has 1 aliphatic carbocycles. The predicted octanol–water partition coefficient (Wildman–Crippen LogP) is 0.810. The third-order valence-electron chi connectivity index (χ3n) is 3.09. The van der Waals surface area contributed by atoms with E-state index in [1.165, 1.54) is 17.0 Å². The third-order valence-corrected chi connectivity index (χ3v) is 4.24. The predicted molar refractivity (Wildman–Crippen MR) is 58.8 cm³/mol. The van der Waals surface area contributed by atoms with Crippen LogP contribution in [0.2, 0.25) is 0 Å². The number of aryl methyl sites for hydroxylation is 3. The summed E-state index contributed by atoms with van der Waals surface area (Å²) >= 11 is 1.61. The molecule has 0 bridgehead atoms. The number of hydrogen-bond donors (Lipinski definition) is 0. The van der Waals surface area contributed by atoms with Gasteiger partial charge in [-0.15, -0.1) is 11.3 Å². The number of nitrogens with zero attached hydrogens (tertiary/aromatic N) is 2. The van der Waals surface area contributed by atoms with Crippen LogP contribution in [0.1, 0.15) is 40.1 Å². The average Bonchev–Trinajstić information content (AvgIpc) is 2.84. The molecule has 4 nitrogen and oxygen atoms in total. The zero-order valence-corrected chi connectivity index (χ0v) is 9.76. The third kappa shape index (κ3) is 1.15. The van der Waals surface area contributed by atoms with Gasteiger partial charge in [0.15, 0.2) is 4.96 Å². The molecule has 0 unspecified atom stereocenters. The van der Waals surface area contributed by atoms with Crippen LogP contribution in [0.25, 0.3) is 4.96 Å². The summed E-state index contributed by atoms with van der Waals surface area (Å²) < 4.78 is 2.03. The lowest BCUT2D eigenvalue weighted by Gasteiger charge is -2.03. The minimum absolute atomic E-state index is 0.114. The Labute approximate surface area is 96.5 Å². The molecule has 2 aromatic rings. The first-order chi connectivity index (χ1) is 7.72. The fourth-order valence-electron chi connectivity index (χ4n) is 2.42. The van der Waals surface area contributed by atoms with E-state index in [-0.39, 0.29) is 5.69 Å². The molecule has 0 amide bonds. The van der Waals surface area contributed by atoms with Crippen LogP contribution in [-0.2, 0) is 19.3 Å². The summed E-state index contributed by atoms with van der Waals surface area (Å²) in [6.45, 7) is 1.95. The maximum absolute atomic E-state index is 11.0. The second kappa shape index (κ2) is 3.31. The Morgan fingerprint density at radius 1 is 1.56 bits per heavy atom. The van der Waals surface area contributed by atoms with Gasteiger partial charge in [0.1, 0.15) is 5.69 Å². The Kier molecular flexibility index (Phi) is 2.04. The fraction of sp³-hybridized carbons (Fsp3) is 0.455. The van der Waals surface area contributed by atoms with Gasteiger partial charge < -0.3 is 9.90 Å². The highest BCUT2D eigenvalue weighted by atomic mass is 32.1. The smallest absolute Gasteiger partial charge is 0.194 e. The van der Waals surface area contributed by atoms with Crippen molar-refractivity contribution < 1.29 is 9.90 Å². The number of aromatic nitrogens is 2. The van der Waals surface area contributed by atoms with Crippen LogP contribution in [0.5, 0.6) is 0 Å². The van der Waals surface area contributed by atoms with Crippen molar-refractivity contribution >= 4 is 22.3 Å². The van der Waals surface area contributed by atoms with Gasteiger partial charge >= 0.3 is 0 Å². The first kappa shape index (κ1) is 9.84. The summed E-state index contributed by atoms with van der Waals surface area (Å²) in [6.07, 6.45) is 3.98. The maximum Gasteiger partial charge on any atom is 0.194 e. The zero-order valence-electron chi connectivity index (χ0n) is 8.95.